The number of guanidine groups is 1. The highest BCUT2D eigenvalue weighted by atomic mass is 16.5. The molecule has 3 aliphatic rings. The van der Waals surface area contributed by atoms with Gasteiger partial charge < -0.3 is 19.9 Å². The first-order valence-electron chi connectivity index (χ1n) is 9.27. The molecule has 7 heteroatoms. The second-order valence-electron chi connectivity index (χ2n) is 7.37. The lowest BCUT2D eigenvalue weighted by Gasteiger charge is -2.24. The molecular formula is C17H28N6O. The lowest BCUT2D eigenvalue weighted by Crippen LogP contribution is -2.49. The van der Waals surface area contributed by atoms with Gasteiger partial charge in [0.2, 0.25) is 0 Å². The van der Waals surface area contributed by atoms with Crippen LogP contribution in [-0.4, -0.2) is 45.0 Å². The maximum absolute atomic E-state index is 5.97. The summed E-state index contributed by atoms with van der Waals surface area (Å²) in [6, 6.07) is 0.926. The van der Waals surface area contributed by atoms with E-state index in [0.717, 1.165) is 24.0 Å². The number of aliphatic imine (C=N–C) groups is 1. The van der Waals surface area contributed by atoms with E-state index in [1.165, 1.54) is 38.5 Å². The van der Waals surface area contributed by atoms with Gasteiger partial charge in [-0.1, -0.05) is 12.8 Å². The molecule has 132 valence electrons. The molecule has 7 nitrogen and oxygen atoms in total. The largest absolute Gasteiger partial charge is 0.373 e. The van der Waals surface area contributed by atoms with E-state index in [9.17, 15) is 0 Å². The first kappa shape index (κ1) is 15.9. The highest BCUT2D eigenvalue weighted by Crippen LogP contribution is 2.34. The Morgan fingerprint density at radius 3 is 2.67 bits per heavy atom. The number of nitrogens with one attached hydrogen (secondary N) is 2. The van der Waals surface area contributed by atoms with Crippen LogP contribution in [0.3, 0.4) is 0 Å². The molecule has 2 bridgehead atoms. The molecule has 0 radical (unpaired) electrons. The molecule has 1 saturated carbocycles. The molecule has 0 amide bonds. The fourth-order valence-electron chi connectivity index (χ4n) is 4.10. The number of aromatic nitrogens is 3. The van der Waals surface area contributed by atoms with Crippen LogP contribution in [0.4, 0.5) is 0 Å². The van der Waals surface area contributed by atoms with Gasteiger partial charge in [0.05, 0.1) is 18.2 Å². The molecule has 24 heavy (non-hydrogen) atoms. The first-order chi connectivity index (χ1) is 11.7. The van der Waals surface area contributed by atoms with Gasteiger partial charge in [-0.3, -0.25) is 0 Å². The van der Waals surface area contributed by atoms with E-state index in [2.05, 4.69) is 20.8 Å². The van der Waals surface area contributed by atoms with Crippen LogP contribution < -0.4 is 10.6 Å². The van der Waals surface area contributed by atoms with Gasteiger partial charge in [0.25, 0.3) is 0 Å². The van der Waals surface area contributed by atoms with Crippen LogP contribution >= 0.6 is 0 Å². The van der Waals surface area contributed by atoms with E-state index < -0.39 is 0 Å². The maximum atomic E-state index is 5.97. The van der Waals surface area contributed by atoms with E-state index in [1.807, 2.05) is 18.5 Å². The zero-order valence-corrected chi connectivity index (χ0v) is 14.7. The van der Waals surface area contributed by atoms with Gasteiger partial charge in [-0.25, -0.2) is 4.99 Å². The summed E-state index contributed by atoms with van der Waals surface area (Å²) in [6.07, 6.45) is 9.36. The summed E-state index contributed by atoms with van der Waals surface area (Å²) in [5, 5.41) is 15.6. The van der Waals surface area contributed by atoms with Crippen molar-refractivity contribution in [2.75, 3.05) is 0 Å². The molecule has 3 atom stereocenters. The summed E-state index contributed by atoms with van der Waals surface area (Å²) in [4.78, 5) is 4.79. The third-order valence-electron chi connectivity index (χ3n) is 5.69. The van der Waals surface area contributed by atoms with Crippen molar-refractivity contribution in [3.8, 4) is 0 Å². The van der Waals surface area contributed by atoms with Crippen LogP contribution in [0.1, 0.15) is 56.6 Å². The Kier molecular flexibility index (Phi) is 4.43. The maximum Gasteiger partial charge on any atom is 0.192 e. The molecule has 1 aromatic heterocycles. The fraction of sp³-hybridized carbons (Fsp3) is 0.824. The first-order valence-corrected chi connectivity index (χ1v) is 9.27. The molecule has 4 rings (SSSR count). The summed E-state index contributed by atoms with van der Waals surface area (Å²) in [5.74, 6) is 2.72. The molecule has 2 saturated heterocycles. The molecule has 1 aliphatic carbocycles. The molecule has 0 aromatic carbocycles. The number of rotatable bonds is 4. The third-order valence-corrected chi connectivity index (χ3v) is 5.69. The minimum atomic E-state index is 0.350. The minimum Gasteiger partial charge on any atom is -0.373 e. The van der Waals surface area contributed by atoms with Crippen LogP contribution in [0.15, 0.2) is 4.99 Å². The quantitative estimate of drug-likeness (QED) is 0.644. The van der Waals surface area contributed by atoms with Crippen molar-refractivity contribution in [2.24, 2.45) is 12.0 Å². The van der Waals surface area contributed by atoms with Crippen LogP contribution in [0.25, 0.3) is 0 Å². The van der Waals surface area contributed by atoms with Crippen LogP contribution in [0, 0.1) is 6.92 Å². The lowest BCUT2D eigenvalue weighted by atomic mass is 9.96. The third kappa shape index (κ3) is 3.27. The number of nitrogens with zero attached hydrogens (tertiary/aromatic N) is 4. The number of hydrogen-bond acceptors (Lipinski definition) is 4. The van der Waals surface area contributed by atoms with Gasteiger partial charge in [0.15, 0.2) is 11.8 Å². The molecule has 3 heterocycles. The van der Waals surface area contributed by atoms with Gasteiger partial charge in [-0.2, -0.15) is 0 Å². The van der Waals surface area contributed by atoms with E-state index >= 15 is 0 Å². The highest BCUT2D eigenvalue weighted by molar-refractivity contribution is 5.80. The second-order valence-corrected chi connectivity index (χ2v) is 7.37. The molecule has 0 spiro atoms. The smallest absolute Gasteiger partial charge is 0.192 e. The average Bonchev–Trinajstić information content (AvgIpc) is 3.34. The van der Waals surface area contributed by atoms with Crippen LogP contribution in [-0.2, 0) is 18.3 Å². The Balaban J connectivity index is 1.44. The van der Waals surface area contributed by atoms with Crippen molar-refractivity contribution < 1.29 is 4.74 Å². The van der Waals surface area contributed by atoms with E-state index in [4.69, 9.17) is 9.73 Å². The Morgan fingerprint density at radius 2 is 2.04 bits per heavy atom. The number of hydrogen-bond donors (Lipinski definition) is 2. The lowest BCUT2D eigenvalue weighted by molar-refractivity contribution is 0.0992. The van der Waals surface area contributed by atoms with Crippen molar-refractivity contribution in [2.45, 2.75) is 82.7 Å². The normalized spacial score (nSPS) is 30.2. The standard InChI is InChI=1S/C17H28N6O/c1-11-21-22-16(23(11)2)10-18-17(19-12-5-3-4-6-12)20-14-9-13-7-8-15(14)24-13/h12-15H,3-10H2,1-2H3,(H2,18,19,20). The van der Waals surface area contributed by atoms with Gasteiger partial charge in [-0.15, -0.1) is 10.2 Å². The van der Waals surface area contributed by atoms with Gasteiger partial charge in [0, 0.05) is 13.1 Å². The summed E-state index contributed by atoms with van der Waals surface area (Å²) in [6.45, 7) is 2.50. The van der Waals surface area contributed by atoms with Gasteiger partial charge in [-0.05, 0) is 39.0 Å². The van der Waals surface area contributed by atoms with Crippen molar-refractivity contribution in [3.05, 3.63) is 11.6 Å². The van der Waals surface area contributed by atoms with Crippen molar-refractivity contribution >= 4 is 5.96 Å². The summed E-state index contributed by atoms with van der Waals surface area (Å²) >= 11 is 0. The monoisotopic (exact) mass is 332 g/mol. The zero-order valence-electron chi connectivity index (χ0n) is 14.7. The van der Waals surface area contributed by atoms with E-state index in [1.54, 1.807) is 0 Å². The number of fused-ring (bicyclic) bond motifs is 2. The Bertz CT molecular complexity index is 606. The van der Waals surface area contributed by atoms with E-state index in [-0.39, 0.29) is 0 Å². The van der Waals surface area contributed by atoms with Crippen molar-refractivity contribution in [1.82, 2.24) is 25.4 Å². The highest BCUT2D eigenvalue weighted by Gasteiger charge is 2.41. The zero-order chi connectivity index (χ0) is 16.5. The van der Waals surface area contributed by atoms with Crippen LogP contribution in [0.2, 0.25) is 0 Å². The number of ether oxygens (including phenoxy) is 1. The van der Waals surface area contributed by atoms with Crippen molar-refractivity contribution in [1.29, 1.82) is 0 Å². The van der Waals surface area contributed by atoms with E-state index in [0.29, 0.717) is 30.8 Å². The molecular weight excluding hydrogens is 304 g/mol. The second kappa shape index (κ2) is 6.70. The minimum absolute atomic E-state index is 0.350. The molecule has 3 fully saturated rings. The topological polar surface area (TPSA) is 76.4 Å². The SMILES string of the molecule is Cc1nnc(CN=C(NC2CCCC2)NC2CC3CCC2O3)n1C. The fourth-order valence-corrected chi connectivity index (χ4v) is 4.10. The molecule has 3 unspecified atom stereocenters. The molecule has 2 aliphatic heterocycles. The summed E-state index contributed by atoms with van der Waals surface area (Å²) in [7, 11) is 1.99. The summed E-state index contributed by atoms with van der Waals surface area (Å²) < 4.78 is 7.97. The Hall–Kier alpha value is -1.63. The molecule has 1 aromatic rings. The van der Waals surface area contributed by atoms with Gasteiger partial charge >= 0.3 is 0 Å². The van der Waals surface area contributed by atoms with Crippen LogP contribution in [0.5, 0.6) is 0 Å². The van der Waals surface area contributed by atoms with Crippen molar-refractivity contribution in [3.63, 3.8) is 0 Å². The molecule has 2 N–H and O–H groups in total. The predicted molar refractivity (Wildman–Crippen MR) is 91.7 cm³/mol. The Morgan fingerprint density at radius 1 is 1.21 bits per heavy atom. The average molecular weight is 332 g/mol. The van der Waals surface area contributed by atoms with Gasteiger partial charge in [0.1, 0.15) is 12.4 Å². The Labute approximate surface area is 143 Å². The number of aryl methyl sites for hydroxylation is 1. The summed E-state index contributed by atoms with van der Waals surface area (Å²) in [5.41, 5.74) is 0. The predicted octanol–water partition coefficient (Wildman–Crippen LogP) is 1.42.